The first kappa shape index (κ1) is 18.3. The first-order chi connectivity index (χ1) is 12.3. The third kappa shape index (κ3) is 4.57. The third-order valence-corrected chi connectivity index (χ3v) is 4.22. The molecule has 1 aliphatic heterocycles. The number of ether oxygens (including phenoxy) is 3. The van der Waals surface area contributed by atoms with Gasteiger partial charge in [0.2, 0.25) is 0 Å². The molecule has 0 radical (unpaired) electrons. The van der Waals surface area contributed by atoms with Gasteiger partial charge in [0.1, 0.15) is 24.2 Å². The number of benzene rings is 2. The van der Waals surface area contributed by atoms with E-state index in [1.807, 2.05) is 52.0 Å². The van der Waals surface area contributed by atoms with Crippen LogP contribution in [0.25, 0.3) is 0 Å². The lowest BCUT2D eigenvalue weighted by Gasteiger charge is -2.17. The molecule has 26 heavy (non-hydrogen) atoms. The highest BCUT2D eigenvalue weighted by atomic mass is 16.7. The van der Waals surface area contributed by atoms with Gasteiger partial charge < -0.3 is 19.3 Å². The fourth-order valence-corrected chi connectivity index (χ4v) is 2.84. The van der Waals surface area contributed by atoms with Gasteiger partial charge in [-0.1, -0.05) is 11.8 Å². The first-order valence-corrected chi connectivity index (χ1v) is 8.69. The second kappa shape index (κ2) is 7.41. The third-order valence-electron chi connectivity index (χ3n) is 4.22. The minimum Gasteiger partial charge on any atom is -0.508 e. The van der Waals surface area contributed by atoms with Crippen molar-refractivity contribution in [1.29, 1.82) is 0 Å². The van der Waals surface area contributed by atoms with E-state index in [2.05, 4.69) is 11.8 Å². The smallest absolute Gasteiger partial charge is 0.163 e. The van der Waals surface area contributed by atoms with Crippen LogP contribution in [0.5, 0.6) is 11.5 Å². The molecular formula is C22H24O4. The second-order valence-corrected chi connectivity index (χ2v) is 6.99. The van der Waals surface area contributed by atoms with E-state index in [-0.39, 0.29) is 11.9 Å². The molecule has 0 amide bonds. The van der Waals surface area contributed by atoms with Crippen molar-refractivity contribution < 1.29 is 19.3 Å². The van der Waals surface area contributed by atoms with Crippen LogP contribution in [0.2, 0.25) is 0 Å². The summed E-state index contributed by atoms with van der Waals surface area (Å²) in [5, 5.41) is 9.47. The molecule has 0 unspecified atom stereocenters. The lowest BCUT2D eigenvalue weighted by Crippen LogP contribution is -2.25. The van der Waals surface area contributed by atoms with Gasteiger partial charge in [-0.05, 0) is 75.2 Å². The van der Waals surface area contributed by atoms with Gasteiger partial charge in [-0.2, -0.15) is 0 Å². The highest BCUT2D eigenvalue weighted by Crippen LogP contribution is 2.24. The van der Waals surface area contributed by atoms with Gasteiger partial charge in [-0.3, -0.25) is 0 Å². The molecule has 1 atom stereocenters. The van der Waals surface area contributed by atoms with Crippen molar-refractivity contribution in [3.05, 3.63) is 58.7 Å². The standard InChI is InChI=1S/C22H24O4/c1-15-12-19(23)9-8-18(15)7-5-17-6-10-21(16(2)11-17)24-13-20-14-25-22(3,4)26-20/h6,8-12,20,23H,13-14H2,1-4H3/t20-/m0/s1. The zero-order chi connectivity index (χ0) is 18.7. The number of aryl methyl sites for hydroxylation is 2. The van der Waals surface area contributed by atoms with E-state index in [0.717, 1.165) is 28.0 Å². The summed E-state index contributed by atoms with van der Waals surface area (Å²) in [6.45, 7) is 8.75. The van der Waals surface area contributed by atoms with Crippen molar-refractivity contribution in [3.8, 4) is 23.3 Å². The quantitative estimate of drug-likeness (QED) is 0.850. The monoisotopic (exact) mass is 352 g/mol. The Morgan fingerprint density at radius 1 is 1.12 bits per heavy atom. The summed E-state index contributed by atoms with van der Waals surface area (Å²) in [6.07, 6.45) is -0.0543. The van der Waals surface area contributed by atoms with Crippen LogP contribution in [0.4, 0.5) is 0 Å². The maximum Gasteiger partial charge on any atom is 0.163 e. The number of rotatable bonds is 3. The molecule has 136 valence electrons. The summed E-state index contributed by atoms with van der Waals surface area (Å²) in [7, 11) is 0. The van der Waals surface area contributed by atoms with E-state index >= 15 is 0 Å². The summed E-state index contributed by atoms with van der Waals surface area (Å²) in [5.41, 5.74) is 3.80. The molecule has 0 saturated carbocycles. The lowest BCUT2D eigenvalue weighted by molar-refractivity contribution is -0.141. The maximum absolute atomic E-state index is 9.47. The predicted octanol–water partition coefficient (Wildman–Crippen LogP) is 3.94. The fourth-order valence-electron chi connectivity index (χ4n) is 2.84. The lowest BCUT2D eigenvalue weighted by atomic mass is 10.1. The Morgan fingerprint density at radius 2 is 1.92 bits per heavy atom. The number of phenolic OH excluding ortho intramolecular Hbond substituents is 1. The van der Waals surface area contributed by atoms with Crippen LogP contribution in [0.3, 0.4) is 0 Å². The van der Waals surface area contributed by atoms with Crippen LogP contribution < -0.4 is 4.74 Å². The Balaban J connectivity index is 1.65. The number of hydrogen-bond donors (Lipinski definition) is 1. The minimum absolute atomic E-state index is 0.0543. The fraction of sp³-hybridized carbons (Fsp3) is 0.364. The van der Waals surface area contributed by atoms with Gasteiger partial charge in [0.15, 0.2) is 5.79 Å². The summed E-state index contributed by atoms with van der Waals surface area (Å²) in [6, 6.07) is 11.1. The summed E-state index contributed by atoms with van der Waals surface area (Å²) >= 11 is 0. The summed E-state index contributed by atoms with van der Waals surface area (Å²) in [5.74, 6) is 6.86. The molecule has 1 fully saturated rings. The van der Waals surface area contributed by atoms with Crippen molar-refractivity contribution in [3.63, 3.8) is 0 Å². The van der Waals surface area contributed by atoms with Crippen LogP contribution >= 0.6 is 0 Å². The number of phenols is 1. The van der Waals surface area contributed by atoms with Crippen molar-refractivity contribution in [1.82, 2.24) is 0 Å². The van der Waals surface area contributed by atoms with Crippen LogP contribution in [0.1, 0.15) is 36.1 Å². The Kier molecular flexibility index (Phi) is 5.22. The largest absolute Gasteiger partial charge is 0.508 e. The zero-order valence-electron chi connectivity index (χ0n) is 15.6. The predicted molar refractivity (Wildman–Crippen MR) is 100 cm³/mol. The molecule has 1 N–H and O–H groups in total. The molecule has 0 bridgehead atoms. The normalized spacial score (nSPS) is 18.2. The van der Waals surface area contributed by atoms with Gasteiger partial charge in [-0.15, -0.1) is 0 Å². The first-order valence-electron chi connectivity index (χ1n) is 8.69. The van der Waals surface area contributed by atoms with E-state index < -0.39 is 5.79 Å². The topological polar surface area (TPSA) is 47.9 Å². The number of aromatic hydroxyl groups is 1. The molecule has 0 aliphatic carbocycles. The molecule has 1 saturated heterocycles. The molecular weight excluding hydrogens is 328 g/mol. The van der Waals surface area contributed by atoms with Crippen molar-refractivity contribution in [2.24, 2.45) is 0 Å². The maximum atomic E-state index is 9.47. The Bertz CT molecular complexity index is 858. The Morgan fingerprint density at radius 3 is 2.58 bits per heavy atom. The van der Waals surface area contributed by atoms with E-state index in [9.17, 15) is 5.11 Å². The van der Waals surface area contributed by atoms with E-state index in [0.29, 0.717) is 13.2 Å². The number of hydrogen-bond acceptors (Lipinski definition) is 4. The Labute approximate surface area is 154 Å². The van der Waals surface area contributed by atoms with E-state index in [1.54, 1.807) is 12.1 Å². The molecule has 1 heterocycles. The highest BCUT2D eigenvalue weighted by Gasteiger charge is 2.33. The zero-order valence-corrected chi connectivity index (χ0v) is 15.6. The second-order valence-electron chi connectivity index (χ2n) is 6.99. The van der Waals surface area contributed by atoms with E-state index in [1.165, 1.54) is 0 Å². The van der Waals surface area contributed by atoms with Crippen LogP contribution in [0, 0.1) is 25.7 Å². The van der Waals surface area contributed by atoms with E-state index in [4.69, 9.17) is 14.2 Å². The molecule has 2 aromatic rings. The van der Waals surface area contributed by atoms with Gasteiger partial charge in [0.05, 0.1) is 6.61 Å². The van der Waals surface area contributed by atoms with Gasteiger partial charge in [0.25, 0.3) is 0 Å². The molecule has 0 aromatic heterocycles. The molecule has 1 aliphatic rings. The molecule has 0 spiro atoms. The average molecular weight is 352 g/mol. The summed E-state index contributed by atoms with van der Waals surface area (Å²) in [4.78, 5) is 0. The van der Waals surface area contributed by atoms with Crippen molar-refractivity contribution >= 4 is 0 Å². The molecule has 3 rings (SSSR count). The van der Waals surface area contributed by atoms with Crippen molar-refractivity contribution in [2.75, 3.05) is 13.2 Å². The molecule has 4 heteroatoms. The van der Waals surface area contributed by atoms with Gasteiger partial charge >= 0.3 is 0 Å². The minimum atomic E-state index is -0.533. The molecule has 2 aromatic carbocycles. The van der Waals surface area contributed by atoms with Crippen LogP contribution in [-0.2, 0) is 9.47 Å². The van der Waals surface area contributed by atoms with Gasteiger partial charge in [0, 0.05) is 11.1 Å². The Hall–Kier alpha value is -2.48. The molecule has 4 nitrogen and oxygen atoms in total. The summed E-state index contributed by atoms with van der Waals surface area (Å²) < 4.78 is 17.2. The average Bonchev–Trinajstić information content (AvgIpc) is 2.92. The van der Waals surface area contributed by atoms with Gasteiger partial charge in [-0.25, -0.2) is 0 Å². The van der Waals surface area contributed by atoms with Crippen LogP contribution in [0.15, 0.2) is 36.4 Å². The SMILES string of the molecule is Cc1cc(O)ccc1C#Cc1ccc(OC[C@H]2COC(C)(C)O2)c(C)c1. The van der Waals surface area contributed by atoms with Crippen LogP contribution in [-0.4, -0.2) is 30.2 Å². The van der Waals surface area contributed by atoms with Crippen molar-refractivity contribution in [2.45, 2.75) is 39.6 Å². The highest BCUT2D eigenvalue weighted by molar-refractivity contribution is 5.50.